The maximum Gasteiger partial charge on any atom is 0.119 e. The molecular weight excluding hydrogens is 274 g/mol. The summed E-state index contributed by atoms with van der Waals surface area (Å²) in [6.07, 6.45) is 5.07. The van der Waals surface area contributed by atoms with Gasteiger partial charge in [0.15, 0.2) is 0 Å². The van der Waals surface area contributed by atoms with Gasteiger partial charge in [-0.05, 0) is 49.3 Å². The summed E-state index contributed by atoms with van der Waals surface area (Å²) in [7, 11) is 0. The molecule has 0 fully saturated rings. The minimum absolute atomic E-state index is 0.604. The zero-order valence-corrected chi connectivity index (χ0v) is 13.9. The van der Waals surface area contributed by atoms with E-state index in [4.69, 9.17) is 4.74 Å². The summed E-state index contributed by atoms with van der Waals surface area (Å²) >= 11 is 0. The number of hydrogen-bond donors (Lipinski definition) is 1. The van der Waals surface area contributed by atoms with Gasteiger partial charge in [-0.2, -0.15) is 0 Å². The predicted octanol–water partition coefficient (Wildman–Crippen LogP) is 5.29. The third kappa shape index (κ3) is 4.12. The van der Waals surface area contributed by atoms with Crippen molar-refractivity contribution in [2.45, 2.75) is 52.9 Å². The molecule has 1 aliphatic carbocycles. The smallest absolute Gasteiger partial charge is 0.119 e. The Morgan fingerprint density at radius 2 is 2.09 bits per heavy atom. The van der Waals surface area contributed by atoms with Gasteiger partial charge in [-0.25, -0.2) is 0 Å². The number of unbranched alkanes of at least 4 members (excludes halogenated alkanes) is 1. The fourth-order valence-corrected chi connectivity index (χ4v) is 2.97. The standard InChI is InChI=1S/C19H27NO2/c1-4-5-11-22-17-8-6-7-15(13-17)19-16(12-14(2)3)9-10-18(19)20-21/h6-8,13-14,21H,4-5,9-12H2,1-3H3/b20-18+. The van der Waals surface area contributed by atoms with Crippen LogP contribution in [0.4, 0.5) is 0 Å². The molecule has 1 N–H and O–H groups in total. The van der Waals surface area contributed by atoms with Crippen LogP contribution in [0.2, 0.25) is 0 Å². The number of allylic oxidation sites excluding steroid dienone is 2. The van der Waals surface area contributed by atoms with Crippen molar-refractivity contribution in [3.05, 3.63) is 35.4 Å². The lowest BCUT2D eigenvalue weighted by Crippen LogP contribution is -2.00. The predicted molar refractivity (Wildman–Crippen MR) is 91.7 cm³/mol. The molecule has 2 rings (SSSR count). The van der Waals surface area contributed by atoms with Gasteiger partial charge in [-0.15, -0.1) is 0 Å². The van der Waals surface area contributed by atoms with Crippen molar-refractivity contribution in [2.24, 2.45) is 11.1 Å². The van der Waals surface area contributed by atoms with Crippen LogP contribution in [-0.4, -0.2) is 17.5 Å². The molecule has 0 aliphatic heterocycles. The van der Waals surface area contributed by atoms with E-state index in [1.165, 1.54) is 5.57 Å². The molecule has 3 nitrogen and oxygen atoms in total. The van der Waals surface area contributed by atoms with E-state index in [1.807, 2.05) is 12.1 Å². The van der Waals surface area contributed by atoms with E-state index < -0.39 is 0 Å². The average Bonchev–Trinajstić information content (AvgIpc) is 2.90. The fourth-order valence-electron chi connectivity index (χ4n) is 2.97. The molecule has 22 heavy (non-hydrogen) atoms. The van der Waals surface area contributed by atoms with Crippen molar-refractivity contribution in [1.29, 1.82) is 0 Å². The molecule has 0 spiro atoms. The largest absolute Gasteiger partial charge is 0.494 e. The SMILES string of the molecule is CCCCOc1cccc(C2=C(CC(C)C)CC/C2=N\O)c1. The normalized spacial score (nSPS) is 16.8. The average molecular weight is 301 g/mol. The molecule has 1 aromatic rings. The maximum absolute atomic E-state index is 9.31. The Kier molecular flexibility index (Phi) is 6.05. The van der Waals surface area contributed by atoms with Crippen LogP contribution in [0.1, 0.15) is 58.4 Å². The van der Waals surface area contributed by atoms with Crippen molar-refractivity contribution in [3.63, 3.8) is 0 Å². The second-order valence-electron chi connectivity index (χ2n) is 6.35. The first-order chi connectivity index (χ1) is 10.7. The summed E-state index contributed by atoms with van der Waals surface area (Å²) in [5.41, 5.74) is 4.43. The number of ether oxygens (including phenoxy) is 1. The second kappa shape index (κ2) is 8.02. The fraction of sp³-hybridized carbons (Fsp3) is 0.526. The number of rotatable bonds is 7. The van der Waals surface area contributed by atoms with E-state index in [9.17, 15) is 5.21 Å². The van der Waals surface area contributed by atoms with Crippen molar-refractivity contribution in [3.8, 4) is 5.75 Å². The van der Waals surface area contributed by atoms with Gasteiger partial charge in [0.05, 0.1) is 12.3 Å². The van der Waals surface area contributed by atoms with E-state index in [2.05, 4.69) is 38.1 Å². The second-order valence-corrected chi connectivity index (χ2v) is 6.35. The first-order valence-corrected chi connectivity index (χ1v) is 8.32. The van der Waals surface area contributed by atoms with Gasteiger partial charge in [0.1, 0.15) is 5.75 Å². The summed E-state index contributed by atoms with van der Waals surface area (Å²) in [6.45, 7) is 7.36. The monoisotopic (exact) mass is 301 g/mol. The topological polar surface area (TPSA) is 41.8 Å². The van der Waals surface area contributed by atoms with E-state index in [0.29, 0.717) is 5.92 Å². The van der Waals surface area contributed by atoms with Crippen LogP contribution >= 0.6 is 0 Å². The molecule has 1 aliphatic rings. The molecule has 0 heterocycles. The number of benzene rings is 1. The van der Waals surface area contributed by atoms with Crippen LogP contribution in [0.15, 0.2) is 35.0 Å². The Hall–Kier alpha value is -1.77. The molecular formula is C19H27NO2. The van der Waals surface area contributed by atoms with E-state index >= 15 is 0 Å². The van der Waals surface area contributed by atoms with Crippen LogP contribution in [-0.2, 0) is 0 Å². The molecule has 0 aromatic heterocycles. The third-order valence-corrected chi connectivity index (χ3v) is 3.97. The highest BCUT2D eigenvalue weighted by molar-refractivity contribution is 6.26. The van der Waals surface area contributed by atoms with Gasteiger partial charge in [-0.3, -0.25) is 0 Å². The first-order valence-electron chi connectivity index (χ1n) is 8.32. The van der Waals surface area contributed by atoms with Crippen molar-refractivity contribution >= 4 is 11.3 Å². The zero-order chi connectivity index (χ0) is 15.9. The van der Waals surface area contributed by atoms with Gasteiger partial charge >= 0.3 is 0 Å². The van der Waals surface area contributed by atoms with Crippen molar-refractivity contribution in [1.82, 2.24) is 0 Å². The minimum Gasteiger partial charge on any atom is -0.494 e. The Balaban J connectivity index is 2.28. The van der Waals surface area contributed by atoms with Gasteiger partial charge in [0, 0.05) is 5.57 Å². The van der Waals surface area contributed by atoms with Crippen molar-refractivity contribution in [2.75, 3.05) is 6.61 Å². The lowest BCUT2D eigenvalue weighted by Gasteiger charge is -2.12. The van der Waals surface area contributed by atoms with Crippen LogP contribution in [0.3, 0.4) is 0 Å². The maximum atomic E-state index is 9.31. The number of nitrogens with zero attached hydrogens (tertiary/aromatic N) is 1. The van der Waals surface area contributed by atoms with Crippen LogP contribution in [0.25, 0.3) is 5.57 Å². The minimum atomic E-state index is 0.604. The highest BCUT2D eigenvalue weighted by atomic mass is 16.5. The van der Waals surface area contributed by atoms with Gasteiger partial charge in [0.2, 0.25) is 0 Å². The molecule has 0 saturated carbocycles. The molecule has 120 valence electrons. The molecule has 3 heteroatoms. The van der Waals surface area contributed by atoms with E-state index in [-0.39, 0.29) is 0 Å². The summed E-state index contributed by atoms with van der Waals surface area (Å²) in [4.78, 5) is 0. The first kappa shape index (κ1) is 16.6. The molecule has 0 amide bonds. The van der Waals surface area contributed by atoms with Gasteiger partial charge in [0.25, 0.3) is 0 Å². The van der Waals surface area contributed by atoms with E-state index in [0.717, 1.165) is 61.3 Å². The summed E-state index contributed by atoms with van der Waals surface area (Å²) < 4.78 is 5.81. The Morgan fingerprint density at radius 1 is 1.27 bits per heavy atom. The molecule has 0 atom stereocenters. The lowest BCUT2D eigenvalue weighted by atomic mass is 9.95. The zero-order valence-electron chi connectivity index (χ0n) is 13.9. The van der Waals surface area contributed by atoms with E-state index in [1.54, 1.807) is 0 Å². The summed E-state index contributed by atoms with van der Waals surface area (Å²) in [6, 6.07) is 8.16. The third-order valence-electron chi connectivity index (χ3n) is 3.97. The van der Waals surface area contributed by atoms with Gasteiger partial charge in [-0.1, -0.05) is 50.1 Å². The molecule has 0 radical (unpaired) electrons. The molecule has 0 unspecified atom stereocenters. The van der Waals surface area contributed by atoms with Gasteiger partial charge < -0.3 is 9.94 Å². The molecule has 1 aromatic carbocycles. The molecule has 0 bridgehead atoms. The molecule has 0 saturated heterocycles. The number of hydrogen-bond acceptors (Lipinski definition) is 3. The Labute approximate surface area is 133 Å². The quantitative estimate of drug-likeness (QED) is 0.422. The number of oxime groups is 1. The summed E-state index contributed by atoms with van der Waals surface area (Å²) in [5.74, 6) is 1.50. The highest BCUT2D eigenvalue weighted by Gasteiger charge is 2.23. The highest BCUT2D eigenvalue weighted by Crippen LogP contribution is 2.36. The van der Waals surface area contributed by atoms with Crippen LogP contribution in [0, 0.1) is 5.92 Å². The Morgan fingerprint density at radius 3 is 2.77 bits per heavy atom. The lowest BCUT2D eigenvalue weighted by molar-refractivity contribution is 0.309. The Bertz CT molecular complexity index is 558. The van der Waals surface area contributed by atoms with Crippen LogP contribution < -0.4 is 4.74 Å². The van der Waals surface area contributed by atoms with Crippen molar-refractivity contribution < 1.29 is 9.94 Å². The van der Waals surface area contributed by atoms with Crippen LogP contribution in [0.5, 0.6) is 5.75 Å². The summed E-state index contributed by atoms with van der Waals surface area (Å²) in [5, 5.41) is 12.8.